The fraction of sp³-hybridized carbons (Fsp3) is 0.238. The van der Waals surface area contributed by atoms with Crippen LogP contribution in [0.4, 0.5) is 5.13 Å². The summed E-state index contributed by atoms with van der Waals surface area (Å²) in [7, 11) is 3.26. The molecule has 3 heterocycles. The zero-order chi connectivity index (χ0) is 20.4. The maximum absolute atomic E-state index is 13.5. The molecule has 0 atom stereocenters. The summed E-state index contributed by atoms with van der Waals surface area (Å²) in [6, 6.07) is 11.8. The Morgan fingerprint density at radius 2 is 2.14 bits per heavy atom. The van der Waals surface area contributed by atoms with E-state index in [0.717, 1.165) is 22.3 Å². The summed E-state index contributed by atoms with van der Waals surface area (Å²) in [4.78, 5) is 24.2. The van der Waals surface area contributed by atoms with Gasteiger partial charge in [0.15, 0.2) is 5.13 Å². The van der Waals surface area contributed by atoms with Crippen molar-refractivity contribution < 1.29 is 9.53 Å². The van der Waals surface area contributed by atoms with Crippen molar-refractivity contribution in [2.45, 2.75) is 19.9 Å². The van der Waals surface area contributed by atoms with Crippen molar-refractivity contribution in [3.8, 4) is 5.88 Å². The number of pyridine rings is 1. The highest BCUT2D eigenvalue weighted by atomic mass is 32.1. The van der Waals surface area contributed by atoms with E-state index < -0.39 is 0 Å². The summed E-state index contributed by atoms with van der Waals surface area (Å²) < 4.78 is 7.92. The van der Waals surface area contributed by atoms with E-state index in [4.69, 9.17) is 9.72 Å². The lowest BCUT2D eigenvalue weighted by atomic mass is 10.2. The van der Waals surface area contributed by atoms with E-state index >= 15 is 0 Å². The molecule has 0 N–H and O–H groups in total. The van der Waals surface area contributed by atoms with Crippen LogP contribution in [-0.2, 0) is 20.0 Å². The molecule has 0 saturated carbocycles. The second-order valence-electron chi connectivity index (χ2n) is 6.59. The van der Waals surface area contributed by atoms with Gasteiger partial charge in [-0.3, -0.25) is 19.4 Å². The highest BCUT2D eigenvalue weighted by Crippen LogP contribution is 2.32. The number of ether oxygens (including phenoxy) is 1. The zero-order valence-electron chi connectivity index (χ0n) is 16.5. The second kappa shape index (κ2) is 8.00. The topological polar surface area (TPSA) is 73.1 Å². The molecule has 8 heteroatoms. The molecule has 7 nitrogen and oxygen atoms in total. The van der Waals surface area contributed by atoms with Gasteiger partial charge >= 0.3 is 0 Å². The molecule has 3 aromatic heterocycles. The lowest BCUT2D eigenvalue weighted by molar-refractivity contribution is 0.0982. The predicted octanol–water partition coefficient (Wildman–Crippen LogP) is 3.84. The first-order valence-corrected chi connectivity index (χ1v) is 10.1. The monoisotopic (exact) mass is 407 g/mol. The number of fused-ring (bicyclic) bond motifs is 1. The van der Waals surface area contributed by atoms with E-state index in [9.17, 15) is 4.79 Å². The molecule has 0 saturated heterocycles. The van der Waals surface area contributed by atoms with E-state index in [0.29, 0.717) is 17.2 Å². The largest absolute Gasteiger partial charge is 0.479 e. The molecular weight excluding hydrogens is 386 g/mol. The fourth-order valence-electron chi connectivity index (χ4n) is 3.08. The summed E-state index contributed by atoms with van der Waals surface area (Å²) in [5, 5.41) is 4.83. The molecule has 4 aromatic rings. The van der Waals surface area contributed by atoms with Gasteiger partial charge in [0.25, 0.3) is 5.91 Å². The predicted molar refractivity (Wildman–Crippen MR) is 114 cm³/mol. The van der Waals surface area contributed by atoms with Gasteiger partial charge in [-0.15, -0.1) is 5.10 Å². The Morgan fingerprint density at radius 3 is 2.86 bits per heavy atom. The van der Waals surface area contributed by atoms with Crippen LogP contribution in [0.15, 0.2) is 48.8 Å². The summed E-state index contributed by atoms with van der Waals surface area (Å²) in [5.41, 5.74) is 3.28. The summed E-state index contributed by atoms with van der Waals surface area (Å²) in [6.45, 7) is 2.42. The molecule has 0 radical (unpaired) electrons. The van der Waals surface area contributed by atoms with Gasteiger partial charge in [-0.25, -0.2) is 4.98 Å². The molecule has 29 heavy (non-hydrogen) atoms. The van der Waals surface area contributed by atoms with Crippen LogP contribution in [0.1, 0.15) is 28.5 Å². The normalized spacial score (nSPS) is 11.0. The first kappa shape index (κ1) is 19.1. The molecule has 0 aliphatic heterocycles. The van der Waals surface area contributed by atoms with Gasteiger partial charge in [0, 0.05) is 19.4 Å². The number of amides is 1. The van der Waals surface area contributed by atoms with Crippen molar-refractivity contribution in [2.24, 2.45) is 7.05 Å². The number of aromatic nitrogens is 4. The Kier molecular flexibility index (Phi) is 5.26. The number of nitrogens with zero attached hydrogens (tertiary/aromatic N) is 5. The minimum absolute atomic E-state index is 0.227. The standard InChI is InChI=1S/C21H21N5O2S/c1-4-14-8-9-17-18(11-14)29-21(23-17)26(12-15-7-5-6-10-22-15)20(27)16-13-25(2)24-19(16)28-3/h5-11,13H,4,12H2,1-3H3. The first-order chi connectivity index (χ1) is 14.1. The lowest BCUT2D eigenvalue weighted by Gasteiger charge is -2.19. The van der Waals surface area contributed by atoms with E-state index in [-0.39, 0.29) is 11.8 Å². The van der Waals surface area contributed by atoms with Crippen LogP contribution >= 0.6 is 11.3 Å². The maximum atomic E-state index is 13.5. The molecule has 1 aromatic carbocycles. The zero-order valence-corrected chi connectivity index (χ0v) is 17.3. The number of rotatable bonds is 6. The second-order valence-corrected chi connectivity index (χ2v) is 7.60. The third-order valence-corrected chi connectivity index (χ3v) is 5.63. The highest BCUT2D eigenvalue weighted by molar-refractivity contribution is 7.22. The number of anilines is 1. The van der Waals surface area contributed by atoms with Crippen LogP contribution in [0.2, 0.25) is 0 Å². The smallest absolute Gasteiger partial charge is 0.267 e. The Morgan fingerprint density at radius 1 is 1.28 bits per heavy atom. The van der Waals surface area contributed by atoms with Crippen molar-refractivity contribution in [3.05, 3.63) is 65.6 Å². The van der Waals surface area contributed by atoms with Crippen LogP contribution in [0.5, 0.6) is 5.88 Å². The molecule has 0 spiro atoms. The molecule has 0 aliphatic rings. The molecule has 1 amide bonds. The van der Waals surface area contributed by atoms with Gasteiger partial charge in [-0.1, -0.05) is 30.4 Å². The van der Waals surface area contributed by atoms with Gasteiger partial charge in [-0.2, -0.15) is 0 Å². The minimum atomic E-state index is -0.227. The summed E-state index contributed by atoms with van der Waals surface area (Å²) in [5.74, 6) is 0.0632. The van der Waals surface area contributed by atoms with Crippen molar-refractivity contribution in [1.82, 2.24) is 19.7 Å². The molecule has 0 unspecified atom stereocenters. The molecular formula is C21H21N5O2S. The Bertz CT molecular complexity index is 1150. The van der Waals surface area contributed by atoms with Gasteiger partial charge in [-0.05, 0) is 36.2 Å². The average Bonchev–Trinajstić information content (AvgIpc) is 3.34. The average molecular weight is 407 g/mol. The summed E-state index contributed by atoms with van der Waals surface area (Å²) in [6.07, 6.45) is 4.33. The van der Waals surface area contributed by atoms with Crippen molar-refractivity contribution in [1.29, 1.82) is 0 Å². The molecule has 0 aliphatic carbocycles. The number of hydrogen-bond donors (Lipinski definition) is 0. The third-order valence-electron chi connectivity index (χ3n) is 4.59. The van der Waals surface area contributed by atoms with Crippen LogP contribution in [0.25, 0.3) is 10.2 Å². The number of methoxy groups -OCH3 is 1. The van der Waals surface area contributed by atoms with E-state index in [1.54, 1.807) is 29.0 Å². The number of thiazole rings is 1. The van der Waals surface area contributed by atoms with E-state index in [1.165, 1.54) is 24.0 Å². The van der Waals surface area contributed by atoms with E-state index in [1.807, 2.05) is 24.3 Å². The van der Waals surface area contributed by atoms with Crippen LogP contribution in [-0.4, -0.2) is 32.8 Å². The van der Waals surface area contributed by atoms with Gasteiger partial charge in [0.05, 0.1) is 29.6 Å². The number of carbonyl (C=O) groups is 1. The van der Waals surface area contributed by atoms with Gasteiger partial charge in [0.2, 0.25) is 5.88 Å². The quantitative estimate of drug-likeness (QED) is 0.485. The molecule has 0 bridgehead atoms. The van der Waals surface area contributed by atoms with Crippen LogP contribution in [0, 0.1) is 0 Å². The van der Waals surface area contributed by atoms with Crippen molar-refractivity contribution >= 4 is 32.6 Å². The summed E-state index contributed by atoms with van der Waals surface area (Å²) >= 11 is 1.50. The van der Waals surface area contributed by atoms with E-state index in [2.05, 4.69) is 29.1 Å². The maximum Gasteiger partial charge on any atom is 0.267 e. The minimum Gasteiger partial charge on any atom is -0.479 e. The Labute approximate surface area is 172 Å². The fourth-order valence-corrected chi connectivity index (χ4v) is 4.11. The SMILES string of the molecule is CCc1ccc2nc(N(Cc3ccccn3)C(=O)c3cn(C)nc3OC)sc2c1. The van der Waals surface area contributed by atoms with Gasteiger partial charge in [0.1, 0.15) is 5.56 Å². The molecule has 148 valence electrons. The van der Waals surface area contributed by atoms with Crippen molar-refractivity contribution in [3.63, 3.8) is 0 Å². The first-order valence-electron chi connectivity index (χ1n) is 9.28. The lowest BCUT2D eigenvalue weighted by Crippen LogP contribution is -2.30. The van der Waals surface area contributed by atoms with Gasteiger partial charge < -0.3 is 4.74 Å². The third kappa shape index (κ3) is 3.84. The highest BCUT2D eigenvalue weighted by Gasteiger charge is 2.26. The molecule has 0 fully saturated rings. The van der Waals surface area contributed by atoms with Crippen molar-refractivity contribution in [2.75, 3.05) is 12.0 Å². The number of hydrogen-bond acceptors (Lipinski definition) is 6. The Balaban J connectivity index is 1.78. The molecule has 4 rings (SSSR count). The number of carbonyl (C=O) groups excluding carboxylic acids is 1. The number of benzene rings is 1. The Hall–Kier alpha value is -3.26. The van der Waals surface area contributed by atoms with Crippen LogP contribution in [0.3, 0.4) is 0 Å². The van der Waals surface area contributed by atoms with Crippen LogP contribution < -0.4 is 9.64 Å². The number of aryl methyl sites for hydroxylation is 2.